The smallest absolute Gasteiger partial charge is 0.335 e. The number of halogens is 1. The van der Waals surface area contributed by atoms with Gasteiger partial charge in [-0.2, -0.15) is 0 Å². The number of hydrogen-bond acceptors (Lipinski definition) is 7. The summed E-state index contributed by atoms with van der Waals surface area (Å²) in [6.45, 7) is 1.59. The number of nitrogens with one attached hydrogen (secondary N) is 1. The van der Waals surface area contributed by atoms with E-state index in [-0.39, 0.29) is 28.8 Å². The van der Waals surface area contributed by atoms with Gasteiger partial charge in [0.2, 0.25) is 11.9 Å². The normalized spacial score (nSPS) is 14.2. The predicted octanol–water partition coefficient (Wildman–Crippen LogP) is 3.95. The highest BCUT2D eigenvalue weighted by atomic mass is 19.1. The molecule has 3 aromatic carbocycles. The van der Waals surface area contributed by atoms with Crippen molar-refractivity contribution in [2.45, 2.75) is 25.4 Å². The van der Waals surface area contributed by atoms with Crippen LogP contribution < -0.4 is 15.8 Å². The fourth-order valence-corrected chi connectivity index (χ4v) is 5.03. The molecule has 10 nitrogen and oxygen atoms in total. The molecule has 0 atom stereocenters. The lowest BCUT2D eigenvalue weighted by molar-refractivity contribution is 0.0697. The van der Waals surface area contributed by atoms with Crippen LogP contribution >= 0.6 is 0 Å². The van der Waals surface area contributed by atoms with Crippen molar-refractivity contribution >= 4 is 39.8 Å². The molecule has 5 aromatic rings. The van der Waals surface area contributed by atoms with Crippen LogP contribution in [-0.2, 0) is 6.54 Å². The monoisotopic (exact) mass is 528 g/mol. The number of rotatable bonds is 6. The number of carbonyl (C=O) groups is 1. The van der Waals surface area contributed by atoms with Crippen molar-refractivity contribution < 1.29 is 19.5 Å². The van der Waals surface area contributed by atoms with Crippen molar-refractivity contribution in [2.75, 3.05) is 23.3 Å². The maximum atomic E-state index is 13.4. The second-order valence-electron chi connectivity index (χ2n) is 9.61. The Morgan fingerprint density at radius 1 is 1.00 bits per heavy atom. The largest absolute Gasteiger partial charge is 0.478 e. The second-order valence-corrected chi connectivity index (χ2v) is 9.61. The molecule has 1 aliphatic rings. The Bertz CT molecular complexity index is 1760. The lowest BCUT2D eigenvalue weighted by Gasteiger charge is -2.33. The Hall–Kier alpha value is -4.93. The van der Waals surface area contributed by atoms with Crippen LogP contribution in [-0.4, -0.2) is 54.7 Å². The van der Waals surface area contributed by atoms with Gasteiger partial charge >= 0.3 is 5.97 Å². The number of anilines is 2. The van der Waals surface area contributed by atoms with Crippen LogP contribution in [0.2, 0.25) is 0 Å². The number of nitrogens with zero attached hydrogens (tertiary/aromatic N) is 5. The van der Waals surface area contributed by atoms with Crippen LogP contribution in [0.1, 0.15) is 28.8 Å². The van der Waals surface area contributed by atoms with E-state index in [9.17, 15) is 24.3 Å². The third kappa shape index (κ3) is 4.63. The highest BCUT2D eigenvalue weighted by Crippen LogP contribution is 2.25. The summed E-state index contributed by atoms with van der Waals surface area (Å²) in [5.41, 5.74) is 2.34. The lowest BCUT2D eigenvalue weighted by Crippen LogP contribution is -2.42. The summed E-state index contributed by atoms with van der Waals surface area (Å²) in [6.07, 6.45) is 1.40. The maximum Gasteiger partial charge on any atom is 0.335 e. The van der Waals surface area contributed by atoms with Crippen molar-refractivity contribution in [3.63, 3.8) is 0 Å². The molecular weight excluding hydrogens is 503 g/mol. The zero-order chi connectivity index (χ0) is 27.1. The van der Waals surface area contributed by atoms with E-state index in [1.54, 1.807) is 12.1 Å². The van der Waals surface area contributed by atoms with Gasteiger partial charge in [-0.05, 0) is 60.9 Å². The van der Waals surface area contributed by atoms with E-state index in [4.69, 9.17) is 4.98 Å². The predicted molar refractivity (Wildman–Crippen MR) is 144 cm³/mol. The Balaban J connectivity index is 1.21. The van der Waals surface area contributed by atoms with Gasteiger partial charge in [0.05, 0.1) is 34.0 Å². The van der Waals surface area contributed by atoms with Crippen molar-refractivity contribution in [2.24, 2.45) is 0 Å². The molecule has 11 heteroatoms. The molecule has 0 spiro atoms. The maximum absolute atomic E-state index is 13.4. The molecular formula is C28H25FN6O4. The van der Waals surface area contributed by atoms with E-state index in [0.29, 0.717) is 42.7 Å². The highest BCUT2D eigenvalue weighted by Gasteiger charge is 2.25. The van der Waals surface area contributed by atoms with Gasteiger partial charge in [0.15, 0.2) is 0 Å². The summed E-state index contributed by atoms with van der Waals surface area (Å²) < 4.78 is 16.0. The molecule has 0 saturated carbocycles. The zero-order valence-corrected chi connectivity index (χ0v) is 20.8. The number of benzene rings is 3. The van der Waals surface area contributed by atoms with Crippen LogP contribution in [0.25, 0.3) is 21.9 Å². The zero-order valence-electron chi connectivity index (χ0n) is 20.8. The number of imidazole rings is 1. The van der Waals surface area contributed by atoms with Gasteiger partial charge in [-0.1, -0.05) is 24.3 Å². The molecule has 0 radical (unpaired) electrons. The SMILES string of the molecule is O=C(O)c1ccc2nc(N3CCC(Nc4nc5ccccc5n4Cc4ccc(F)cc4)CC3)n(O)c(=O)c2c1. The fourth-order valence-electron chi connectivity index (χ4n) is 5.03. The minimum atomic E-state index is -1.16. The quantitative estimate of drug-likeness (QED) is 0.283. The van der Waals surface area contributed by atoms with Gasteiger partial charge < -0.3 is 25.1 Å². The van der Waals surface area contributed by atoms with Crippen molar-refractivity contribution in [3.8, 4) is 0 Å². The first-order valence-corrected chi connectivity index (χ1v) is 12.6. The number of para-hydroxylation sites is 2. The van der Waals surface area contributed by atoms with Crippen LogP contribution in [0.4, 0.5) is 16.3 Å². The minimum absolute atomic E-state index is 0.0396. The summed E-state index contributed by atoms with van der Waals surface area (Å²) in [4.78, 5) is 35.1. The van der Waals surface area contributed by atoms with Crippen molar-refractivity contribution in [1.29, 1.82) is 0 Å². The molecule has 3 N–H and O–H groups in total. The summed E-state index contributed by atoms with van der Waals surface area (Å²) in [5, 5.41) is 23.4. The molecule has 0 bridgehead atoms. The molecule has 198 valence electrons. The van der Waals surface area contributed by atoms with Gasteiger partial charge in [-0.25, -0.2) is 19.2 Å². The van der Waals surface area contributed by atoms with Crippen LogP contribution in [0.3, 0.4) is 0 Å². The second kappa shape index (κ2) is 9.75. The average Bonchev–Trinajstić information content (AvgIpc) is 3.28. The number of hydrogen-bond donors (Lipinski definition) is 3. The van der Waals surface area contributed by atoms with E-state index in [0.717, 1.165) is 22.5 Å². The Morgan fingerprint density at radius 3 is 2.49 bits per heavy atom. The first kappa shape index (κ1) is 24.4. The summed E-state index contributed by atoms with van der Waals surface area (Å²) in [6, 6.07) is 18.4. The molecule has 1 saturated heterocycles. The van der Waals surface area contributed by atoms with E-state index in [1.807, 2.05) is 29.2 Å². The van der Waals surface area contributed by atoms with E-state index >= 15 is 0 Å². The van der Waals surface area contributed by atoms with Gasteiger partial charge in [0, 0.05) is 19.1 Å². The number of aromatic carboxylic acids is 1. The fraction of sp³-hybridized carbons (Fsp3) is 0.214. The Kier molecular flexibility index (Phi) is 6.10. The molecule has 1 fully saturated rings. The number of fused-ring (bicyclic) bond motifs is 2. The van der Waals surface area contributed by atoms with Crippen molar-refractivity contribution in [1.82, 2.24) is 19.3 Å². The third-order valence-electron chi connectivity index (χ3n) is 7.10. The molecule has 3 heterocycles. The van der Waals surface area contributed by atoms with Crippen LogP contribution in [0.5, 0.6) is 0 Å². The Labute approximate surface area is 221 Å². The van der Waals surface area contributed by atoms with Crippen LogP contribution in [0, 0.1) is 5.82 Å². The van der Waals surface area contributed by atoms with Gasteiger partial charge in [-0.3, -0.25) is 4.79 Å². The molecule has 0 unspecified atom stereocenters. The van der Waals surface area contributed by atoms with Crippen LogP contribution in [0.15, 0.2) is 71.5 Å². The number of carboxylic acid groups (broad SMARTS) is 1. The molecule has 6 rings (SSSR count). The molecule has 2 aromatic heterocycles. The molecule has 0 amide bonds. The minimum Gasteiger partial charge on any atom is -0.478 e. The Morgan fingerprint density at radius 2 is 1.74 bits per heavy atom. The van der Waals surface area contributed by atoms with E-state index < -0.39 is 11.5 Å². The first-order chi connectivity index (χ1) is 18.9. The average molecular weight is 529 g/mol. The molecule has 39 heavy (non-hydrogen) atoms. The van der Waals surface area contributed by atoms with Crippen molar-refractivity contribution in [3.05, 3.63) is 94.0 Å². The number of piperidine rings is 1. The third-order valence-corrected chi connectivity index (χ3v) is 7.10. The number of carboxylic acids is 1. The lowest BCUT2D eigenvalue weighted by atomic mass is 10.1. The van der Waals surface area contributed by atoms with Gasteiger partial charge in [-0.15, -0.1) is 4.73 Å². The van der Waals surface area contributed by atoms with E-state index in [1.165, 1.54) is 30.3 Å². The van der Waals surface area contributed by atoms with Gasteiger partial charge in [0.25, 0.3) is 5.56 Å². The van der Waals surface area contributed by atoms with E-state index in [2.05, 4.69) is 14.9 Å². The first-order valence-electron chi connectivity index (χ1n) is 12.6. The molecule has 0 aliphatic carbocycles. The molecule has 1 aliphatic heterocycles. The summed E-state index contributed by atoms with van der Waals surface area (Å²) in [7, 11) is 0. The van der Waals surface area contributed by atoms with Gasteiger partial charge in [0.1, 0.15) is 5.82 Å². The topological polar surface area (TPSA) is 126 Å². The number of aromatic nitrogens is 4. The summed E-state index contributed by atoms with van der Waals surface area (Å²) in [5.74, 6) is -0.599. The highest BCUT2D eigenvalue weighted by molar-refractivity contribution is 5.93. The summed E-state index contributed by atoms with van der Waals surface area (Å²) >= 11 is 0. The standard InChI is InChI=1S/C28H25FN6O4/c29-19-8-5-17(6-9-19)16-34-24-4-2-1-3-23(24)31-27(34)30-20-11-13-33(14-12-20)28-32-22-10-7-18(26(37)38)15-21(22)25(36)35(28)39/h1-10,15,20,39H,11-14,16H2,(H,30,31)(H,37,38).